The summed E-state index contributed by atoms with van der Waals surface area (Å²) in [4.78, 5) is 2.13. The second-order valence-corrected chi connectivity index (χ2v) is 5.80. The van der Waals surface area contributed by atoms with Crippen LogP contribution in [0.1, 0.15) is 23.5 Å². The van der Waals surface area contributed by atoms with Crippen molar-refractivity contribution in [2.45, 2.75) is 24.9 Å². The summed E-state index contributed by atoms with van der Waals surface area (Å²) in [6, 6.07) is 20.2. The number of nitrogens with zero attached hydrogens (tertiary/aromatic N) is 1. The minimum Gasteiger partial charge on any atom is -0.378 e. The van der Waals surface area contributed by atoms with Gasteiger partial charge in [-0.15, -0.1) is 0 Å². The molecule has 0 radical (unpaired) electrons. The Morgan fingerprint density at radius 1 is 1.00 bits per heavy atom. The lowest BCUT2D eigenvalue weighted by molar-refractivity contribution is 0.673. The van der Waals surface area contributed by atoms with E-state index in [0.29, 0.717) is 12.0 Å². The topological polar surface area (TPSA) is 15.3 Å². The highest BCUT2D eigenvalue weighted by Crippen LogP contribution is 2.40. The Morgan fingerprint density at radius 3 is 2.35 bits per heavy atom. The fraction of sp³-hybridized carbons (Fsp3) is 0.333. The molecule has 2 nitrogen and oxygen atoms in total. The van der Waals surface area contributed by atoms with Gasteiger partial charge in [0.15, 0.2) is 0 Å². The minimum atomic E-state index is 0.644. The van der Waals surface area contributed by atoms with Gasteiger partial charge in [-0.3, -0.25) is 0 Å². The van der Waals surface area contributed by atoms with Crippen LogP contribution in [0, 0.1) is 0 Å². The molecular formula is C18H22N2. The van der Waals surface area contributed by atoms with Gasteiger partial charge in [0.2, 0.25) is 0 Å². The van der Waals surface area contributed by atoms with Gasteiger partial charge in [0.25, 0.3) is 0 Å². The van der Waals surface area contributed by atoms with E-state index in [1.165, 1.54) is 23.2 Å². The molecule has 1 N–H and O–H groups in total. The Kier molecular flexibility index (Phi) is 3.75. The van der Waals surface area contributed by atoms with Crippen LogP contribution in [0.2, 0.25) is 0 Å². The molecule has 0 unspecified atom stereocenters. The molecule has 1 aliphatic rings. The monoisotopic (exact) mass is 266 g/mol. The summed E-state index contributed by atoms with van der Waals surface area (Å²) in [6.07, 6.45) is 1.26. The van der Waals surface area contributed by atoms with Crippen LogP contribution in [0.15, 0.2) is 54.6 Å². The van der Waals surface area contributed by atoms with Crippen molar-refractivity contribution >= 4 is 5.69 Å². The normalized spacial score (nSPS) is 20.7. The molecule has 1 saturated carbocycles. The van der Waals surface area contributed by atoms with Crippen molar-refractivity contribution < 1.29 is 0 Å². The molecule has 3 rings (SSSR count). The molecule has 0 saturated heterocycles. The first-order chi connectivity index (χ1) is 9.74. The SMILES string of the molecule is CN(C)c1ccc(CN[C@H]2C[C@@H]2c2ccccc2)cc1. The quantitative estimate of drug-likeness (QED) is 0.892. The zero-order valence-corrected chi connectivity index (χ0v) is 12.2. The molecule has 2 aromatic carbocycles. The summed E-state index contributed by atoms with van der Waals surface area (Å²) < 4.78 is 0. The lowest BCUT2D eigenvalue weighted by Gasteiger charge is -2.13. The van der Waals surface area contributed by atoms with Gasteiger partial charge in [-0.2, -0.15) is 0 Å². The van der Waals surface area contributed by atoms with E-state index < -0.39 is 0 Å². The van der Waals surface area contributed by atoms with E-state index in [-0.39, 0.29) is 0 Å². The predicted molar refractivity (Wildman–Crippen MR) is 85.2 cm³/mol. The Morgan fingerprint density at radius 2 is 1.70 bits per heavy atom. The average Bonchev–Trinajstić information content (AvgIpc) is 3.26. The number of rotatable bonds is 5. The molecule has 1 fully saturated rings. The van der Waals surface area contributed by atoms with E-state index in [1.54, 1.807) is 0 Å². The highest BCUT2D eigenvalue weighted by molar-refractivity contribution is 5.46. The first kappa shape index (κ1) is 13.2. The van der Waals surface area contributed by atoms with Crippen LogP contribution < -0.4 is 10.2 Å². The number of hydrogen-bond acceptors (Lipinski definition) is 2. The van der Waals surface area contributed by atoms with Gasteiger partial charge in [-0.05, 0) is 29.7 Å². The minimum absolute atomic E-state index is 0.644. The van der Waals surface area contributed by atoms with Crippen LogP contribution in [0.3, 0.4) is 0 Å². The van der Waals surface area contributed by atoms with Crippen LogP contribution in [0.25, 0.3) is 0 Å². The number of anilines is 1. The number of benzene rings is 2. The number of nitrogens with one attached hydrogen (secondary N) is 1. The van der Waals surface area contributed by atoms with Crippen LogP contribution in [0.5, 0.6) is 0 Å². The van der Waals surface area contributed by atoms with Crippen LogP contribution in [-0.2, 0) is 6.54 Å². The first-order valence-electron chi connectivity index (χ1n) is 7.28. The van der Waals surface area contributed by atoms with E-state index in [0.717, 1.165) is 6.54 Å². The molecule has 2 atom stereocenters. The van der Waals surface area contributed by atoms with Crippen molar-refractivity contribution in [2.75, 3.05) is 19.0 Å². The van der Waals surface area contributed by atoms with Crippen LogP contribution in [-0.4, -0.2) is 20.1 Å². The maximum Gasteiger partial charge on any atom is 0.0361 e. The molecule has 0 spiro atoms. The molecule has 0 amide bonds. The van der Waals surface area contributed by atoms with Gasteiger partial charge >= 0.3 is 0 Å². The van der Waals surface area contributed by atoms with Gasteiger partial charge in [0, 0.05) is 38.3 Å². The lowest BCUT2D eigenvalue weighted by Crippen LogP contribution is -2.17. The number of hydrogen-bond donors (Lipinski definition) is 1. The Balaban J connectivity index is 1.51. The largest absolute Gasteiger partial charge is 0.378 e. The van der Waals surface area contributed by atoms with Crippen molar-refractivity contribution in [1.82, 2.24) is 5.32 Å². The van der Waals surface area contributed by atoms with Gasteiger partial charge in [0.05, 0.1) is 0 Å². The third kappa shape index (κ3) is 3.02. The zero-order chi connectivity index (χ0) is 13.9. The molecule has 0 heterocycles. The average molecular weight is 266 g/mol. The van der Waals surface area contributed by atoms with Crippen molar-refractivity contribution in [3.8, 4) is 0 Å². The van der Waals surface area contributed by atoms with Gasteiger partial charge in [-0.1, -0.05) is 42.5 Å². The standard InChI is InChI=1S/C18H22N2/c1-20(2)16-10-8-14(9-11-16)13-19-18-12-17(18)15-6-4-3-5-7-15/h3-11,17-19H,12-13H2,1-2H3/t17-,18+/m1/s1. The summed E-state index contributed by atoms with van der Waals surface area (Å²) >= 11 is 0. The van der Waals surface area contributed by atoms with Gasteiger partial charge in [0.1, 0.15) is 0 Å². The Labute approximate surface area is 121 Å². The maximum absolute atomic E-state index is 3.66. The molecule has 2 aromatic rings. The smallest absolute Gasteiger partial charge is 0.0361 e. The molecule has 104 valence electrons. The molecule has 0 bridgehead atoms. The van der Waals surface area contributed by atoms with Crippen molar-refractivity contribution in [3.05, 3.63) is 65.7 Å². The summed E-state index contributed by atoms with van der Waals surface area (Å²) in [5.74, 6) is 0.706. The third-order valence-corrected chi connectivity index (χ3v) is 4.04. The van der Waals surface area contributed by atoms with E-state index in [2.05, 4.69) is 78.9 Å². The van der Waals surface area contributed by atoms with Crippen molar-refractivity contribution in [2.24, 2.45) is 0 Å². The van der Waals surface area contributed by atoms with Crippen molar-refractivity contribution in [1.29, 1.82) is 0 Å². The summed E-state index contributed by atoms with van der Waals surface area (Å²) in [7, 11) is 4.14. The van der Waals surface area contributed by atoms with E-state index >= 15 is 0 Å². The van der Waals surface area contributed by atoms with E-state index in [4.69, 9.17) is 0 Å². The maximum atomic E-state index is 3.66. The molecule has 0 aromatic heterocycles. The first-order valence-corrected chi connectivity index (χ1v) is 7.28. The summed E-state index contributed by atoms with van der Waals surface area (Å²) in [5.41, 5.74) is 4.07. The molecule has 20 heavy (non-hydrogen) atoms. The molecule has 0 aliphatic heterocycles. The van der Waals surface area contributed by atoms with Gasteiger partial charge < -0.3 is 10.2 Å². The second kappa shape index (κ2) is 5.68. The molecule has 1 aliphatic carbocycles. The zero-order valence-electron chi connectivity index (χ0n) is 12.2. The van der Waals surface area contributed by atoms with Crippen LogP contribution >= 0.6 is 0 Å². The fourth-order valence-electron chi connectivity index (χ4n) is 2.65. The summed E-state index contributed by atoms with van der Waals surface area (Å²) in [6.45, 7) is 0.960. The predicted octanol–water partition coefficient (Wildman–Crippen LogP) is 3.40. The highest BCUT2D eigenvalue weighted by Gasteiger charge is 2.37. The van der Waals surface area contributed by atoms with Crippen LogP contribution in [0.4, 0.5) is 5.69 Å². The lowest BCUT2D eigenvalue weighted by atomic mass is 10.1. The van der Waals surface area contributed by atoms with Crippen molar-refractivity contribution in [3.63, 3.8) is 0 Å². The van der Waals surface area contributed by atoms with E-state index in [9.17, 15) is 0 Å². The Bertz CT molecular complexity index is 545. The van der Waals surface area contributed by atoms with E-state index in [1.807, 2.05) is 0 Å². The second-order valence-electron chi connectivity index (χ2n) is 5.80. The highest BCUT2D eigenvalue weighted by atomic mass is 15.1. The molecular weight excluding hydrogens is 244 g/mol. The van der Waals surface area contributed by atoms with Gasteiger partial charge in [-0.25, -0.2) is 0 Å². The summed E-state index contributed by atoms with van der Waals surface area (Å²) in [5, 5.41) is 3.66. The Hall–Kier alpha value is -1.80. The molecule has 2 heteroatoms. The fourth-order valence-corrected chi connectivity index (χ4v) is 2.65. The third-order valence-electron chi connectivity index (χ3n) is 4.04.